The summed E-state index contributed by atoms with van der Waals surface area (Å²) in [6.45, 7) is 0. The average molecular weight is 269 g/mol. The Morgan fingerprint density at radius 3 is 2.72 bits per heavy atom. The van der Waals surface area contributed by atoms with Gasteiger partial charge in [-0.05, 0) is 18.4 Å². The van der Waals surface area contributed by atoms with Crippen molar-refractivity contribution in [3.63, 3.8) is 0 Å². The smallest absolute Gasteiger partial charge is 0.162 e. The number of nitrogens with zero attached hydrogens (tertiary/aromatic N) is 1. The number of nitrogens with two attached hydrogens (primary N) is 1. The normalized spacial score (nSPS) is 15.4. The Labute approximate surface area is 113 Å². The first-order valence-corrected chi connectivity index (χ1v) is 5.72. The number of aromatic hydroxyl groups is 1. The summed E-state index contributed by atoms with van der Waals surface area (Å²) in [4.78, 5) is 0. The molecule has 0 aliphatic heterocycles. The fourth-order valence-corrected chi connectivity index (χ4v) is 1.97. The molecule has 0 spiro atoms. The lowest BCUT2D eigenvalue weighted by Crippen LogP contribution is -2.12. The van der Waals surface area contributed by atoms with Gasteiger partial charge in [-0.2, -0.15) is 5.26 Å². The summed E-state index contributed by atoms with van der Waals surface area (Å²) in [6.07, 6.45) is 3.28. The SMILES string of the molecule is COc1cc(C#N)cc([C@H](N)CC2CC2)c1O.Cl. The van der Waals surface area contributed by atoms with Crippen molar-refractivity contribution in [2.75, 3.05) is 7.11 Å². The molecule has 0 amide bonds. The minimum absolute atomic E-state index is 0. The highest BCUT2D eigenvalue weighted by Crippen LogP contribution is 2.41. The fourth-order valence-electron chi connectivity index (χ4n) is 1.97. The molecule has 1 atom stereocenters. The van der Waals surface area contributed by atoms with Gasteiger partial charge in [0.2, 0.25) is 0 Å². The highest BCUT2D eigenvalue weighted by atomic mass is 35.5. The molecule has 0 heterocycles. The summed E-state index contributed by atoms with van der Waals surface area (Å²) in [5.74, 6) is 1.03. The second kappa shape index (κ2) is 5.94. The van der Waals surface area contributed by atoms with E-state index in [1.54, 1.807) is 6.07 Å². The lowest BCUT2D eigenvalue weighted by Gasteiger charge is -2.15. The molecular weight excluding hydrogens is 252 g/mol. The molecular formula is C13H17ClN2O2. The Morgan fingerprint density at radius 2 is 2.22 bits per heavy atom. The van der Waals surface area contributed by atoms with Gasteiger partial charge >= 0.3 is 0 Å². The predicted octanol–water partition coefficient (Wildman–Crippen LogP) is 2.49. The van der Waals surface area contributed by atoms with E-state index in [-0.39, 0.29) is 24.2 Å². The van der Waals surface area contributed by atoms with E-state index in [1.165, 1.54) is 26.0 Å². The molecule has 98 valence electrons. The van der Waals surface area contributed by atoms with Crippen molar-refractivity contribution >= 4 is 12.4 Å². The maximum Gasteiger partial charge on any atom is 0.162 e. The van der Waals surface area contributed by atoms with Crippen LogP contribution in [0.4, 0.5) is 0 Å². The maximum atomic E-state index is 10.00. The first-order chi connectivity index (χ1) is 8.15. The minimum atomic E-state index is -0.232. The van der Waals surface area contributed by atoms with Crippen molar-refractivity contribution in [3.8, 4) is 17.6 Å². The number of halogens is 1. The molecule has 4 nitrogen and oxygen atoms in total. The van der Waals surface area contributed by atoms with Crippen molar-refractivity contribution in [2.45, 2.75) is 25.3 Å². The maximum absolute atomic E-state index is 10.00. The number of benzene rings is 1. The van der Waals surface area contributed by atoms with E-state index in [0.717, 1.165) is 6.42 Å². The Kier molecular flexibility index (Phi) is 4.83. The zero-order valence-electron chi connectivity index (χ0n) is 10.2. The molecule has 0 bridgehead atoms. The van der Waals surface area contributed by atoms with E-state index in [1.807, 2.05) is 6.07 Å². The van der Waals surface area contributed by atoms with Gasteiger partial charge in [0, 0.05) is 17.7 Å². The van der Waals surface area contributed by atoms with Gasteiger partial charge in [0.05, 0.1) is 18.7 Å². The number of hydrogen-bond acceptors (Lipinski definition) is 4. The predicted molar refractivity (Wildman–Crippen MR) is 70.9 cm³/mol. The number of ether oxygens (including phenoxy) is 1. The monoisotopic (exact) mass is 268 g/mol. The molecule has 5 heteroatoms. The molecule has 1 aliphatic rings. The molecule has 18 heavy (non-hydrogen) atoms. The number of phenols is 1. The average Bonchev–Trinajstić information content (AvgIpc) is 3.13. The van der Waals surface area contributed by atoms with E-state index in [9.17, 15) is 5.11 Å². The van der Waals surface area contributed by atoms with Crippen molar-refractivity contribution in [1.82, 2.24) is 0 Å². The Bertz CT molecular complexity index is 467. The van der Waals surface area contributed by atoms with E-state index in [2.05, 4.69) is 0 Å². The standard InChI is InChI=1S/C13H16N2O2.ClH/c1-17-12-6-9(7-14)4-10(13(12)16)11(15)5-8-2-3-8;/h4,6,8,11,16H,2-3,5,15H2,1H3;1H/t11-;/m1./s1. The quantitative estimate of drug-likeness (QED) is 0.879. The first-order valence-electron chi connectivity index (χ1n) is 5.72. The van der Waals surface area contributed by atoms with Crippen LogP contribution in [0.3, 0.4) is 0 Å². The van der Waals surface area contributed by atoms with Gasteiger partial charge in [0.1, 0.15) is 0 Å². The number of phenolic OH excluding ortho intramolecular Hbond substituents is 1. The van der Waals surface area contributed by atoms with Crippen LogP contribution in [-0.4, -0.2) is 12.2 Å². The second-order valence-electron chi connectivity index (χ2n) is 4.51. The largest absolute Gasteiger partial charge is 0.504 e. The molecule has 2 rings (SSSR count). The van der Waals surface area contributed by atoms with Crippen molar-refractivity contribution in [1.29, 1.82) is 5.26 Å². The van der Waals surface area contributed by atoms with Gasteiger partial charge in [0.25, 0.3) is 0 Å². The third-order valence-corrected chi connectivity index (χ3v) is 3.14. The van der Waals surface area contributed by atoms with Gasteiger partial charge in [0.15, 0.2) is 11.5 Å². The Hall–Kier alpha value is -1.44. The van der Waals surface area contributed by atoms with Crippen LogP contribution in [0.2, 0.25) is 0 Å². The van der Waals surface area contributed by atoms with Crippen LogP contribution >= 0.6 is 12.4 Å². The third-order valence-electron chi connectivity index (χ3n) is 3.14. The van der Waals surface area contributed by atoms with Crippen LogP contribution in [0.1, 0.15) is 36.4 Å². The highest BCUT2D eigenvalue weighted by molar-refractivity contribution is 5.85. The number of rotatable bonds is 4. The van der Waals surface area contributed by atoms with E-state index >= 15 is 0 Å². The van der Waals surface area contributed by atoms with Crippen molar-refractivity contribution in [2.24, 2.45) is 11.7 Å². The zero-order chi connectivity index (χ0) is 12.4. The molecule has 0 unspecified atom stereocenters. The first kappa shape index (κ1) is 14.6. The molecule has 1 aromatic rings. The lowest BCUT2D eigenvalue weighted by atomic mass is 9.98. The van der Waals surface area contributed by atoms with E-state index in [4.69, 9.17) is 15.7 Å². The van der Waals surface area contributed by atoms with Crippen LogP contribution in [0.15, 0.2) is 12.1 Å². The molecule has 1 aliphatic carbocycles. The minimum Gasteiger partial charge on any atom is -0.504 e. The summed E-state index contributed by atoms with van der Waals surface area (Å²) in [6, 6.07) is 4.97. The van der Waals surface area contributed by atoms with Crippen LogP contribution < -0.4 is 10.5 Å². The summed E-state index contributed by atoms with van der Waals surface area (Å²) in [5, 5.41) is 18.9. The summed E-state index contributed by atoms with van der Waals surface area (Å²) in [7, 11) is 1.46. The van der Waals surface area contributed by atoms with Gasteiger partial charge < -0.3 is 15.6 Å². The summed E-state index contributed by atoms with van der Waals surface area (Å²) < 4.78 is 5.04. The molecule has 1 saturated carbocycles. The van der Waals surface area contributed by atoms with Gasteiger partial charge in [-0.25, -0.2) is 0 Å². The molecule has 0 radical (unpaired) electrons. The molecule has 0 saturated heterocycles. The van der Waals surface area contributed by atoms with Gasteiger partial charge in [-0.15, -0.1) is 12.4 Å². The zero-order valence-corrected chi connectivity index (χ0v) is 11.0. The fraction of sp³-hybridized carbons (Fsp3) is 0.462. The van der Waals surface area contributed by atoms with Gasteiger partial charge in [-0.1, -0.05) is 12.8 Å². The van der Waals surface area contributed by atoms with Crippen molar-refractivity contribution in [3.05, 3.63) is 23.3 Å². The summed E-state index contributed by atoms with van der Waals surface area (Å²) in [5.41, 5.74) is 7.12. The summed E-state index contributed by atoms with van der Waals surface area (Å²) >= 11 is 0. The van der Waals surface area contributed by atoms with Crippen LogP contribution in [-0.2, 0) is 0 Å². The molecule has 0 aromatic heterocycles. The van der Waals surface area contributed by atoms with E-state index in [0.29, 0.717) is 22.8 Å². The Balaban J connectivity index is 0.00000162. The molecule has 1 fully saturated rings. The lowest BCUT2D eigenvalue weighted by molar-refractivity contribution is 0.367. The molecule has 1 aromatic carbocycles. The van der Waals surface area contributed by atoms with Gasteiger partial charge in [-0.3, -0.25) is 0 Å². The number of methoxy groups -OCH3 is 1. The topological polar surface area (TPSA) is 79.3 Å². The van der Waals surface area contributed by atoms with Crippen LogP contribution in [0.25, 0.3) is 0 Å². The third kappa shape index (κ3) is 3.06. The highest BCUT2D eigenvalue weighted by Gasteiger charge is 2.26. The van der Waals surface area contributed by atoms with Crippen molar-refractivity contribution < 1.29 is 9.84 Å². The second-order valence-corrected chi connectivity index (χ2v) is 4.51. The van der Waals surface area contributed by atoms with Crippen LogP contribution in [0, 0.1) is 17.2 Å². The number of nitriles is 1. The van der Waals surface area contributed by atoms with E-state index < -0.39 is 0 Å². The number of hydrogen-bond donors (Lipinski definition) is 2. The van der Waals surface area contributed by atoms with Crippen LogP contribution in [0.5, 0.6) is 11.5 Å². The molecule has 3 N–H and O–H groups in total. The Morgan fingerprint density at radius 1 is 1.56 bits per heavy atom.